The molecule has 1 aromatic carbocycles. The molecule has 6 nitrogen and oxygen atoms in total. The van der Waals surface area contributed by atoms with Gasteiger partial charge in [-0.15, -0.1) is 12.4 Å². The van der Waals surface area contributed by atoms with Crippen LogP contribution in [0.4, 0.5) is 0 Å². The summed E-state index contributed by atoms with van der Waals surface area (Å²) in [6.45, 7) is 11.4. The number of carbonyl (C=O) groups excluding carboxylic acids is 2. The maximum absolute atomic E-state index is 13.0. The smallest absolute Gasteiger partial charge is 0.253 e. The van der Waals surface area contributed by atoms with Gasteiger partial charge in [-0.25, -0.2) is 0 Å². The highest BCUT2D eigenvalue weighted by Crippen LogP contribution is 2.19. The van der Waals surface area contributed by atoms with Gasteiger partial charge in [-0.1, -0.05) is 19.9 Å². The van der Waals surface area contributed by atoms with Gasteiger partial charge in [-0.3, -0.25) is 14.5 Å². The van der Waals surface area contributed by atoms with Crippen LogP contribution < -0.4 is 5.32 Å². The molecule has 0 radical (unpaired) electrons. The van der Waals surface area contributed by atoms with Gasteiger partial charge >= 0.3 is 0 Å². The fraction of sp³-hybridized carbons (Fsp3) is 0.636. The standard InChI is InChI=1S/C22H34N4O2.ClH/c1-3-11-25(12-4-2)21(27)18-6-5-7-19(16-18)22(28)26-13-8-20(17-26)24-14-9-23-10-15-24;/h5-7,16,20,23H,3-4,8-15,17H2,1-2H3;1H. The summed E-state index contributed by atoms with van der Waals surface area (Å²) in [7, 11) is 0. The van der Waals surface area contributed by atoms with Crippen molar-refractivity contribution in [3.63, 3.8) is 0 Å². The molecule has 0 bridgehead atoms. The highest BCUT2D eigenvalue weighted by atomic mass is 35.5. The van der Waals surface area contributed by atoms with Gasteiger partial charge < -0.3 is 15.1 Å². The molecule has 0 aromatic heterocycles. The van der Waals surface area contributed by atoms with Crippen LogP contribution in [0.15, 0.2) is 24.3 Å². The first-order chi connectivity index (χ1) is 13.6. The number of nitrogens with zero attached hydrogens (tertiary/aromatic N) is 3. The van der Waals surface area contributed by atoms with E-state index in [-0.39, 0.29) is 24.2 Å². The largest absolute Gasteiger partial charge is 0.339 e. The van der Waals surface area contributed by atoms with E-state index >= 15 is 0 Å². The predicted octanol–water partition coefficient (Wildman–Crippen LogP) is 2.49. The third-order valence-corrected chi connectivity index (χ3v) is 5.75. The molecule has 0 aliphatic carbocycles. The molecule has 29 heavy (non-hydrogen) atoms. The van der Waals surface area contributed by atoms with Crippen LogP contribution in [0.2, 0.25) is 0 Å². The fourth-order valence-corrected chi connectivity index (χ4v) is 4.28. The van der Waals surface area contributed by atoms with Gasteiger partial charge in [-0.2, -0.15) is 0 Å². The van der Waals surface area contributed by atoms with E-state index in [2.05, 4.69) is 24.1 Å². The normalized spacial score (nSPS) is 19.7. The fourth-order valence-electron chi connectivity index (χ4n) is 4.28. The quantitative estimate of drug-likeness (QED) is 0.733. The molecule has 2 aliphatic heterocycles. The lowest BCUT2D eigenvalue weighted by molar-refractivity contribution is 0.0755. The summed E-state index contributed by atoms with van der Waals surface area (Å²) in [5, 5.41) is 3.38. The molecule has 1 aromatic rings. The highest BCUT2D eigenvalue weighted by Gasteiger charge is 2.31. The summed E-state index contributed by atoms with van der Waals surface area (Å²) < 4.78 is 0. The van der Waals surface area contributed by atoms with E-state index < -0.39 is 0 Å². The Balaban J connectivity index is 0.00000300. The van der Waals surface area contributed by atoms with Crippen LogP contribution in [-0.2, 0) is 0 Å². The highest BCUT2D eigenvalue weighted by molar-refractivity contribution is 5.99. The van der Waals surface area contributed by atoms with E-state index in [9.17, 15) is 9.59 Å². The van der Waals surface area contributed by atoms with Crippen molar-refractivity contribution in [1.82, 2.24) is 20.0 Å². The van der Waals surface area contributed by atoms with Gasteiger partial charge in [0.15, 0.2) is 0 Å². The summed E-state index contributed by atoms with van der Waals surface area (Å²) in [5.74, 6) is 0.0725. The molecule has 2 aliphatic rings. The number of amides is 2. The topological polar surface area (TPSA) is 55.9 Å². The van der Waals surface area contributed by atoms with Gasteiger partial charge in [0.2, 0.25) is 0 Å². The van der Waals surface area contributed by atoms with Crippen LogP contribution in [-0.4, -0.2) is 84.9 Å². The summed E-state index contributed by atoms with van der Waals surface area (Å²) >= 11 is 0. The van der Waals surface area contributed by atoms with E-state index in [0.29, 0.717) is 17.2 Å². The van der Waals surface area contributed by atoms with Gasteiger partial charge in [0, 0.05) is 69.5 Å². The Labute approximate surface area is 181 Å². The van der Waals surface area contributed by atoms with Gasteiger partial charge in [0.25, 0.3) is 11.8 Å². The molecule has 3 rings (SSSR count). The van der Waals surface area contributed by atoms with Crippen molar-refractivity contribution in [3.05, 3.63) is 35.4 Å². The molecular weight excluding hydrogens is 388 g/mol. The number of hydrogen-bond donors (Lipinski definition) is 1. The maximum atomic E-state index is 13.0. The number of benzene rings is 1. The van der Waals surface area contributed by atoms with E-state index in [1.54, 1.807) is 6.07 Å². The van der Waals surface area contributed by atoms with Crippen molar-refractivity contribution in [2.24, 2.45) is 0 Å². The zero-order chi connectivity index (χ0) is 19.9. The molecule has 162 valence electrons. The van der Waals surface area contributed by atoms with E-state index in [1.807, 2.05) is 28.0 Å². The van der Waals surface area contributed by atoms with Crippen molar-refractivity contribution in [2.45, 2.75) is 39.2 Å². The number of hydrogen-bond acceptors (Lipinski definition) is 4. The molecule has 2 heterocycles. The molecule has 0 spiro atoms. The Morgan fingerprint density at radius 2 is 1.72 bits per heavy atom. The Bertz CT molecular complexity index is 673. The van der Waals surface area contributed by atoms with E-state index in [1.165, 1.54) is 0 Å². The second-order valence-electron chi connectivity index (χ2n) is 7.85. The lowest BCUT2D eigenvalue weighted by atomic mass is 10.1. The number of halogens is 1. The third kappa shape index (κ3) is 5.93. The maximum Gasteiger partial charge on any atom is 0.253 e. The second kappa shape index (κ2) is 11.5. The molecular formula is C22H35ClN4O2. The minimum Gasteiger partial charge on any atom is -0.339 e. The lowest BCUT2D eigenvalue weighted by Crippen LogP contribution is -2.49. The van der Waals surface area contributed by atoms with Crippen LogP contribution in [0, 0.1) is 0 Å². The van der Waals surface area contributed by atoms with Crippen LogP contribution in [0.3, 0.4) is 0 Å². The zero-order valence-corrected chi connectivity index (χ0v) is 18.5. The van der Waals surface area contributed by atoms with Crippen LogP contribution >= 0.6 is 12.4 Å². The summed E-state index contributed by atoms with van der Waals surface area (Å²) in [4.78, 5) is 32.2. The van der Waals surface area contributed by atoms with Crippen molar-refractivity contribution >= 4 is 24.2 Å². The first-order valence-electron chi connectivity index (χ1n) is 10.8. The summed E-state index contributed by atoms with van der Waals surface area (Å²) in [6, 6.07) is 7.73. The minimum absolute atomic E-state index is 0. The first-order valence-corrected chi connectivity index (χ1v) is 10.8. The van der Waals surface area contributed by atoms with Crippen molar-refractivity contribution in [2.75, 3.05) is 52.4 Å². The molecule has 2 saturated heterocycles. The molecule has 2 amide bonds. The second-order valence-corrected chi connectivity index (χ2v) is 7.85. The first kappa shape index (κ1) is 23.6. The SMILES string of the molecule is CCCN(CCC)C(=O)c1cccc(C(=O)N2CCC(N3CCNCC3)C2)c1.Cl. The molecule has 1 N–H and O–H groups in total. The lowest BCUT2D eigenvalue weighted by Gasteiger charge is -2.32. The molecule has 0 saturated carbocycles. The van der Waals surface area contributed by atoms with Gasteiger partial charge in [0.05, 0.1) is 0 Å². The van der Waals surface area contributed by atoms with Crippen LogP contribution in [0.25, 0.3) is 0 Å². The van der Waals surface area contributed by atoms with Crippen molar-refractivity contribution in [1.29, 1.82) is 0 Å². The molecule has 2 fully saturated rings. The van der Waals surface area contributed by atoms with Gasteiger partial charge in [0.1, 0.15) is 0 Å². The predicted molar refractivity (Wildman–Crippen MR) is 119 cm³/mol. The van der Waals surface area contributed by atoms with Crippen molar-refractivity contribution < 1.29 is 9.59 Å². The number of likely N-dealkylation sites (tertiary alicyclic amines) is 1. The average molecular weight is 423 g/mol. The summed E-state index contributed by atoms with van der Waals surface area (Å²) in [5.41, 5.74) is 1.24. The summed E-state index contributed by atoms with van der Waals surface area (Å²) in [6.07, 6.45) is 2.90. The number of nitrogens with one attached hydrogen (secondary N) is 1. The van der Waals surface area contributed by atoms with E-state index in [4.69, 9.17) is 0 Å². The Morgan fingerprint density at radius 3 is 2.38 bits per heavy atom. The van der Waals surface area contributed by atoms with Crippen LogP contribution in [0.1, 0.15) is 53.8 Å². The van der Waals surface area contributed by atoms with Crippen LogP contribution in [0.5, 0.6) is 0 Å². The molecule has 7 heteroatoms. The van der Waals surface area contributed by atoms with Gasteiger partial charge in [-0.05, 0) is 37.5 Å². The Kier molecular flexibility index (Phi) is 9.40. The number of rotatable bonds is 7. The third-order valence-electron chi connectivity index (χ3n) is 5.75. The Morgan fingerprint density at radius 1 is 1.07 bits per heavy atom. The monoisotopic (exact) mass is 422 g/mol. The number of piperazine rings is 1. The molecule has 1 unspecified atom stereocenters. The minimum atomic E-state index is 0. The Hall–Kier alpha value is -1.63. The molecule has 1 atom stereocenters. The van der Waals surface area contributed by atoms with E-state index in [0.717, 1.165) is 71.6 Å². The number of carbonyl (C=O) groups is 2. The zero-order valence-electron chi connectivity index (χ0n) is 17.7. The van der Waals surface area contributed by atoms with Crippen molar-refractivity contribution in [3.8, 4) is 0 Å². The average Bonchev–Trinajstić information content (AvgIpc) is 3.23.